The third-order valence-corrected chi connectivity index (χ3v) is 4.35. The quantitative estimate of drug-likeness (QED) is 0.546. The number of aromatic nitrogens is 4. The Bertz CT molecular complexity index is 953. The fraction of sp³-hybridized carbons (Fsp3) is 0. The summed E-state index contributed by atoms with van der Waals surface area (Å²) in [5.41, 5.74) is 1.86. The summed E-state index contributed by atoms with van der Waals surface area (Å²) in [5.74, 6) is -0.304. The van der Waals surface area contributed by atoms with Crippen LogP contribution in [0, 0.1) is 0 Å². The van der Waals surface area contributed by atoms with E-state index in [4.69, 9.17) is 23.2 Å². The van der Waals surface area contributed by atoms with Crippen LogP contribution >= 0.6 is 23.2 Å². The Morgan fingerprint density at radius 1 is 0.864 bits per heavy atom. The van der Waals surface area contributed by atoms with Crippen LogP contribution in [0.25, 0.3) is 22.1 Å². The van der Waals surface area contributed by atoms with Crippen molar-refractivity contribution < 1.29 is 4.79 Å². The van der Waals surface area contributed by atoms with Crippen molar-refractivity contribution in [3.8, 4) is 0 Å². The van der Waals surface area contributed by atoms with Gasteiger partial charge in [-0.2, -0.15) is 0 Å². The molecule has 4 rings (SSSR count). The number of carbonyl (C=O) groups excluding carboxylic acids is 1. The van der Waals surface area contributed by atoms with Crippen LogP contribution in [0.3, 0.4) is 0 Å². The SMILES string of the molecule is O=C(c1cnc2[nH]ccc2c1Cl)c1cnc2[nH]ccc2c1Cl. The van der Waals surface area contributed by atoms with Gasteiger partial charge in [0.15, 0.2) is 5.78 Å². The lowest BCUT2D eigenvalue weighted by atomic mass is 10.0. The van der Waals surface area contributed by atoms with Crippen LogP contribution in [0.5, 0.6) is 0 Å². The van der Waals surface area contributed by atoms with E-state index >= 15 is 0 Å². The summed E-state index contributed by atoms with van der Waals surface area (Å²) >= 11 is 12.7. The number of ketones is 1. The predicted octanol–water partition coefficient (Wildman–Crippen LogP) is 3.98. The maximum Gasteiger partial charge on any atom is 0.199 e. The molecule has 5 nitrogen and oxygen atoms in total. The van der Waals surface area contributed by atoms with Crippen molar-refractivity contribution in [3.63, 3.8) is 0 Å². The number of nitrogens with one attached hydrogen (secondary N) is 2. The van der Waals surface area contributed by atoms with Gasteiger partial charge in [0.05, 0.1) is 21.2 Å². The van der Waals surface area contributed by atoms with Crippen LogP contribution in [-0.2, 0) is 0 Å². The highest BCUT2D eigenvalue weighted by Crippen LogP contribution is 2.31. The highest BCUT2D eigenvalue weighted by Gasteiger charge is 2.20. The fourth-order valence-corrected chi connectivity index (χ4v) is 2.99. The molecule has 0 bridgehead atoms. The van der Waals surface area contributed by atoms with Gasteiger partial charge in [-0.1, -0.05) is 23.2 Å². The third kappa shape index (κ3) is 1.83. The van der Waals surface area contributed by atoms with E-state index in [1.165, 1.54) is 12.4 Å². The van der Waals surface area contributed by atoms with Crippen molar-refractivity contribution in [1.29, 1.82) is 0 Å². The van der Waals surface area contributed by atoms with Gasteiger partial charge < -0.3 is 9.97 Å². The number of hydrogen-bond acceptors (Lipinski definition) is 3. The molecular formula is C15H8Cl2N4O. The zero-order valence-corrected chi connectivity index (χ0v) is 12.5. The molecule has 0 atom stereocenters. The number of hydrogen-bond donors (Lipinski definition) is 2. The number of rotatable bonds is 2. The minimum absolute atomic E-state index is 0.298. The molecule has 4 heterocycles. The summed E-state index contributed by atoms with van der Waals surface area (Å²) in [6, 6.07) is 3.55. The fourth-order valence-electron chi connectivity index (χ4n) is 2.41. The van der Waals surface area contributed by atoms with Gasteiger partial charge in [-0.05, 0) is 12.1 Å². The second-order valence-corrected chi connectivity index (χ2v) is 5.54. The van der Waals surface area contributed by atoms with E-state index in [0.29, 0.717) is 43.2 Å². The number of nitrogens with zero attached hydrogens (tertiary/aromatic N) is 2. The van der Waals surface area contributed by atoms with Crippen molar-refractivity contribution in [1.82, 2.24) is 19.9 Å². The number of carbonyl (C=O) groups is 1. The average molecular weight is 331 g/mol. The predicted molar refractivity (Wildman–Crippen MR) is 85.6 cm³/mol. The second kappa shape index (κ2) is 4.83. The van der Waals surface area contributed by atoms with Crippen LogP contribution in [-0.4, -0.2) is 25.7 Å². The topological polar surface area (TPSA) is 74.4 Å². The van der Waals surface area contributed by atoms with Crippen molar-refractivity contribution in [2.24, 2.45) is 0 Å². The van der Waals surface area contributed by atoms with Gasteiger partial charge in [-0.3, -0.25) is 4.79 Å². The summed E-state index contributed by atoms with van der Waals surface area (Å²) in [4.78, 5) is 27.0. The van der Waals surface area contributed by atoms with Gasteiger partial charge in [0, 0.05) is 35.6 Å². The van der Waals surface area contributed by atoms with E-state index in [0.717, 1.165) is 0 Å². The summed E-state index contributed by atoms with van der Waals surface area (Å²) < 4.78 is 0. The molecule has 7 heteroatoms. The number of aromatic amines is 2. The average Bonchev–Trinajstić information content (AvgIpc) is 3.16. The minimum atomic E-state index is -0.304. The largest absolute Gasteiger partial charge is 0.346 e. The lowest BCUT2D eigenvalue weighted by molar-refractivity contribution is 0.103. The summed E-state index contributed by atoms with van der Waals surface area (Å²) in [5, 5.41) is 2.08. The minimum Gasteiger partial charge on any atom is -0.346 e. The van der Waals surface area contributed by atoms with E-state index < -0.39 is 0 Å². The van der Waals surface area contributed by atoms with Crippen molar-refractivity contribution in [3.05, 3.63) is 58.1 Å². The molecule has 0 aromatic carbocycles. The van der Waals surface area contributed by atoms with Crippen LogP contribution < -0.4 is 0 Å². The first-order valence-electron chi connectivity index (χ1n) is 6.44. The van der Waals surface area contributed by atoms with E-state index in [-0.39, 0.29) is 5.78 Å². The summed E-state index contributed by atoms with van der Waals surface area (Å²) in [7, 11) is 0. The molecule has 4 aromatic rings. The highest BCUT2D eigenvalue weighted by atomic mass is 35.5. The van der Waals surface area contributed by atoms with Crippen LogP contribution in [0.1, 0.15) is 15.9 Å². The molecule has 0 aliphatic heterocycles. The number of H-pyrrole nitrogens is 2. The van der Waals surface area contributed by atoms with Crippen LogP contribution in [0.15, 0.2) is 36.9 Å². The Kier molecular flexibility index (Phi) is 2.92. The van der Waals surface area contributed by atoms with Crippen molar-refractivity contribution >= 4 is 51.1 Å². The van der Waals surface area contributed by atoms with Gasteiger partial charge in [0.2, 0.25) is 0 Å². The third-order valence-electron chi connectivity index (χ3n) is 3.53. The Labute approximate surface area is 134 Å². The molecule has 0 spiro atoms. The number of halogens is 2. The van der Waals surface area contributed by atoms with Gasteiger partial charge in [-0.25, -0.2) is 9.97 Å². The van der Waals surface area contributed by atoms with E-state index in [9.17, 15) is 4.79 Å². The molecule has 0 saturated heterocycles. The molecule has 2 N–H and O–H groups in total. The first-order chi connectivity index (χ1) is 10.7. The maximum atomic E-state index is 12.7. The summed E-state index contributed by atoms with van der Waals surface area (Å²) in [6.45, 7) is 0. The molecule has 0 aliphatic rings. The monoisotopic (exact) mass is 330 g/mol. The molecule has 0 aliphatic carbocycles. The van der Waals surface area contributed by atoms with E-state index in [2.05, 4.69) is 19.9 Å². The van der Waals surface area contributed by atoms with Crippen LogP contribution in [0.2, 0.25) is 10.0 Å². The lowest BCUT2D eigenvalue weighted by Crippen LogP contribution is -2.05. The molecular weight excluding hydrogens is 323 g/mol. The van der Waals surface area contributed by atoms with Gasteiger partial charge in [0.25, 0.3) is 0 Å². The Hall–Kier alpha value is -2.37. The zero-order valence-electron chi connectivity index (χ0n) is 11.0. The summed E-state index contributed by atoms with van der Waals surface area (Å²) in [6.07, 6.45) is 6.33. The zero-order chi connectivity index (χ0) is 15.3. The van der Waals surface area contributed by atoms with E-state index in [1.54, 1.807) is 24.5 Å². The molecule has 0 radical (unpaired) electrons. The Morgan fingerprint density at radius 2 is 1.32 bits per heavy atom. The van der Waals surface area contributed by atoms with Crippen molar-refractivity contribution in [2.45, 2.75) is 0 Å². The normalized spacial score (nSPS) is 11.4. The van der Waals surface area contributed by atoms with Crippen molar-refractivity contribution in [2.75, 3.05) is 0 Å². The smallest absolute Gasteiger partial charge is 0.199 e. The van der Waals surface area contributed by atoms with Gasteiger partial charge >= 0.3 is 0 Å². The Balaban J connectivity index is 1.91. The molecule has 0 saturated carbocycles. The van der Waals surface area contributed by atoms with E-state index in [1.807, 2.05) is 0 Å². The molecule has 0 fully saturated rings. The molecule has 22 heavy (non-hydrogen) atoms. The van der Waals surface area contributed by atoms with Gasteiger partial charge in [0.1, 0.15) is 11.3 Å². The molecule has 0 unspecified atom stereocenters. The second-order valence-electron chi connectivity index (χ2n) is 4.78. The number of pyridine rings is 2. The molecule has 108 valence electrons. The van der Waals surface area contributed by atoms with Crippen LogP contribution in [0.4, 0.5) is 0 Å². The Morgan fingerprint density at radius 3 is 1.77 bits per heavy atom. The lowest BCUT2D eigenvalue weighted by Gasteiger charge is -2.06. The van der Waals surface area contributed by atoms with Gasteiger partial charge in [-0.15, -0.1) is 0 Å². The first-order valence-corrected chi connectivity index (χ1v) is 7.20. The standard InChI is InChI=1S/C15H8Cl2N4O/c16-11-7-1-3-18-14(7)20-5-9(11)13(22)10-6-21-15-8(12(10)17)2-4-19-15/h1-6H,(H,18,20)(H,19,21). The molecule has 0 amide bonds. The number of fused-ring (bicyclic) bond motifs is 2. The highest BCUT2D eigenvalue weighted by molar-refractivity contribution is 6.42. The maximum absolute atomic E-state index is 12.7. The molecule has 4 aromatic heterocycles. The first kappa shape index (κ1) is 13.3.